The van der Waals surface area contributed by atoms with Crippen molar-refractivity contribution in [3.63, 3.8) is 0 Å². The monoisotopic (exact) mass is 495 g/mol. The number of benzene rings is 2. The smallest absolute Gasteiger partial charge is 0.274 e. The van der Waals surface area contributed by atoms with Gasteiger partial charge in [-0.05, 0) is 12.1 Å². The number of carbonyl (C=O) groups is 1. The number of nitrogens with one attached hydrogen (secondary N) is 2. The Bertz CT molecular complexity index is 1510. The zero-order valence-corrected chi connectivity index (χ0v) is 20.4. The first-order valence-electron chi connectivity index (χ1n) is 11.9. The molecular weight excluding hydrogens is 470 g/mol. The van der Waals surface area contributed by atoms with E-state index in [0.29, 0.717) is 17.1 Å². The number of hydrogen-bond donors (Lipinski definition) is 2. The Morgan fingerprint density at radius 3 is 2.67 bits per heavy atom. The molecule has 1 amide bonds. The molecule has 0 aliphatic carbocycles. The first-order valence-corrected chi connectivity index (χ1v) is 12.8. The van der Waals surface area contributed by atoms with Gasteiger partial charge in [0.15, 0.2) is 4.96 Å². The molecule has 1 aliphatic rings. The number of amides is 1. The van der Waals surface area contributed by atoms with Gasteiger partial charge in [-0.3, -0.25) is 14.1 Å². The molecule has 2 N–H and O–H groups in total. The van der Waals surface area contributed by atoms with Gasteiger partial charge in [-0.2, -0.15) is 0 Å². The van der Waals surface area contributed by atoms with E-state index in [0.717, 1.165) is 54.5 Å². The molecule has 0 unspecified atom stereocenters. The van der Waals surface area contributed by atoms with E-state index < -0.39 is 0 Å². The average molecular weight is 496 g/mol. The lowest BCUT2D eigenvalue weighted by Gasteiger charge is -2.26. The van der Waals surface area contributed by atoms with Crippen LogP contribution in [0.15, 0.2) is 78.6 Å². The number of piperazine rings is 1. The summed E-state index contributed by atoms with van der Waals surface area (Å²) < 4.78 is 2.16. The summed E-state index contributed by atoms with van der Waals surface area (Å²) in [6.07, 6.45) is 3.49. The van der Waals surface area contributed by atoms with E-state index in [-0.39, 0.29) is 5.91 Å². The number of aromatic nitrogens is 4. The SMILES string of the molecule is O=C(Nc1ccccc1-c1cn2c(CN3CCNCC3)csc2n1)c1cc(-c2ccccc2)ncn1. The molecule has 4 heterocycles. The van der Waals surface area contributed by atoms with Gasteiger partial charge in [0.05, 0.1) is 17.1 Å². The molecule has 6 rings (SSSR count). The number of hydrogen-bond acceptors (Lipinski definition) is 7. The summed E-state index contributed by atoms with van der Waals surface area (Å²) in [6.45, 7) is 5.03. The predicted molar refractivity (Wildman–Crippen MR) is 142 cm³/mol. The zero-order chi connectivity index (χ0) is 24.3. The van der Waals surface area contributed by atoms with Crippen molar-refractivity contribution in [2.45, 2.75) is 6.54 Å². The highest BCUT2D eigenvalue weighted by Crippen LogP contribution is 2.30. The maximum absolute atomic E-state index is 13.1. The minimum absolute atomic E-state index is 0.289. The summed E-state index contributed by atoms with van der Waals surface area (Å²) in [5.74, 6) is -0.289. The first-order chi connectivity index (χ1) is 17.7. The maximum atomic E-state index is 13.1. The molecule has 1 aliphatic heterocycles. The highest BCUT2D eigenvalue weighted by molar-refractivity contribution is 7.15. The molecule has 9 heteroatoms. The van der Waals surface area contributed by atoms with Crippen LogP contribution in [0.5, 0.6) is 0 Å². The number of fused-ring (bicyclic) bond motifs is 1. The van der Waals surface area contributed by atoms with E-state index in [9.17, 15) is 4.79 Å². The number of imidazole rings is 1. The van der Waals surface area contributed by atoms with Crippen LogP contribution in [-0.4, -0.2) is 56.3 Å². The molecular formula is C27H25N7OS. The molecule has 3 aromatic heterocycles. The van der Waals surface area contributed by atoms with Crippen LogP contribution < -0.4 is 10.6 Å². The lowest BCUT2D eigenvalue weighted by Crippen LogP contribution is -2.43. The fourth-order valence-corrected chi connectivity index (χ4v) is 5.29. The molecule has 1 saturated heterocycles. The van der Waals surface area contributed by atoms with E-state index in [2.05, 4.69) is 41.5 Å². The van der Waals surface area contributed by atoms with E-state index >= 15 is 0 Å². The Balaban J connectivity index is 1.25. The van der Waals surface area contributed by atoms with Crippen molar-refractivity contribution in [2.75, 3.05) is 31.5 Å². The average Bonchev–Trinajstić information content (AvgIpc) is 3.52. The van der Waals surface area contributed by atoms with Crippen LogP contribution in [-0.2, 0) is 6.54 Å². The Hall–Kier alpha value is -3.92. The molecule has 0 saturated carbocycles. The quantitative estimate of drug-likeness (QED) is 0.368. The van der Waals surface area contributed by atoms with Crippen molar-refractivity contribution in [1.82, 2.24) is 29.6 Å². The van der Waals surface area contributed by atoms with Crippen LogP contribution in [0.1, 0.15) is 16.2 Å². The minimum Gasteiger partial charge on any atom is -0.320 e. The molecule has 36 heavy (non-hydrogen) atoms. The van der Waals surface area contributed by atoms with Crippen molar-refractivity contribution in [1.29, 1.82) is 0 Å². The number of anilines is 1. The summed E-state index contributed by atoms with van der Waals surface area (Å²) in [5, 5.41) is 8.61. The third kappa shape index (κ3) is 4.64. The second-order valence-electron chi connectivity index (χ2n) is 8.69. The van der Waals surface area contributed by atoms with E-state index in [4.69, 9.17) is 4.98 Å². The van der Waals surface area contributed by atoms with Crippen molar-refractivity contribution in [3.8, 4) is 22.5 Å². The van der Waals surface area contributed by atoms with Gasteiger partial charge in [-0.25, -0.2) is 15.0 Å². The molecule has 5 aromatic rings. The summed E-state index contributed by atoms with van der Waals surface area (Å²) >= 11 is 1.64. The predicted octanol–water partition coefficient (Wildman–Crippen LogP) is 4.18. The van der Waals surface area contributed by atoms with Crippen LogP contribution in [0.3, 0.4) is 0 Å². The van der Waals surface area contributed by atoms with E-state index in [1.54, 1.807) is 17.4 Å². The number of thiazole rings is 1. The zero-order valence-electron chi connectivity index (χ0n) is 19.6. The minimum atomic E-state index is -0.289. The Labute approximate surface area is 212 Å². The summed E-state index contributed by atoms with van der Waals surface area (Å²) in [4.78, 5) is 29.9. The second-order valence-corrected chi connectivity index (χ2v) is 9.52. The van der Waals surface area contributed by atoms with Crippen LogP contribution in [0.25, 0.3) is 27.5 Å². The van der Waals surface area contributed by atoms with Gasteiger partial charge in [0.1, 0.15) is 12.0 Å². The normalized spacial score (nSPS) is 14.2. The fourth-order valence-electron chi connectivity index (χ4n) is 4.42. The van der Waals surface area contributed by atoms with Gasteiger partial charge < -0.3 is 10.6 Å². The van der Waals surface area contributed by atoms with Crippen LogP contribution in [0, 0.1) is 0 Å². The highest BCUT2D eigenvalue weighted by Gasteiger charge is 2.17. The second kappa shape index (κ2) is 9.98. The van der Waals surface area contributed by atoms with Crippen molar-refractivity contribution >= 4 is 27.9 Å². The molecule has 1 fully saturated rings. The molecule has 180 valence electrons. The third-order valence-corrected chi connectivity index (χ3v) is 7.19. The maximum Gasteiger partial charge on any atom is 0.274 e. The van der Waals surface area contributed by atoms with Crippen LogP contribution in [0.4, 0.5) is 5.69 Å². The van der Waals surface area contributed by atoms with Gasteiger partial charge in [0.2, 0.25) is 0 Å². The number of rotatable bonds is 6. The molecule has 8 nitrogen and oxygen atoms in total. The molecule has 0 atom stereocenters. The topological polar surface area (TPSA) is 87.5 Å². The fraction of sp³-hybridized carbons (Fsp3) is 0.185. The Morgan fingerprint density at radius 2 is 1.81 bits per heavy atom. The van der Waals surface area contributed by atoms with Gasteiger partial charge in [-0.1, -0.05) is 48.5 Å². The van der Waals surface area contributed by atoms with Gasteiger partial charge >= 0.3 is 0 Å². The summed E-state index contributed by atoms with van der Waals surface area (Å²) in [5.41, 5.74) is 5.56. The lowest BCUT2D eigenvalue weighted by molar-refractivity contribution is 0.102. The van der Waals surface area contributed by atoms with Crippen LogP contribution in [0.2, 0.25) is 0 Å². The standard InChI is InChI=1S/C27H25N7OS/c35-26(24-14-23(29-18-30-24)19-6-2-1-3-7-19)31-22-9-5-4-8-21(22)25-16-34-20(17-36-27(34)32-25)15-33-12-10-28-11-13-33/h1-9,14,16-18,28H,10-13,15H2,(H,31,35). The summed E-state index contributed by atoms with van der Waals surface area (Å²) in [6, 6.07) is 19.2. The molecule has 0 spiro atoms. The highest BCUT2D eigenvalue weighted by atomic mass is 32.1. The Kier molecular flexibility index (Phi) is 6.25. The third-order valence-electron chi connectivity index (χ3n) is 6.30. The molecule has 0 radical (unpaired) electrons. The van der Waals surface area contributed by atoms with Crippen molar-refractivity contribution < 1.29 is 4.79 Å². The van der Waals surface area contributed by atoms with Crippen LogP contribution >= 0.6 is 11.3 Å². The molecule has 0 bridgehead atoms. The van der Waals surface area contributed by atoms with Gasteiger partial charge in [0.25, 0.3) is 5.91 Å². The lowest BCUT2D eigenvalue weighted by atomic mass is 10.1. The van der Waals surface area contributed by atoms with E-state index in [1.165, 1.54) is 12.0 Å². The van der Waals surface area contributed by atoms with Gasteiger partial charge in [0, 0.05) is 61.1 Å². The van der Waals surface area contributed by atoms with Crippen molar-refractivity contribution in [2.24, 2.45) is 0 Å². The van der Waals surface area contributed by atoms with E-state index in [1.807, 2.05) is 54.6 Å². The largest absolute Gasteiger partial charge is 0.320 e. The molecule has 2 aromatic carbocycles. The number of carbonyl (C=O) groups excluding carboxylic acids is 1. The first kappa shape index (κ1) is 22.5. The summed E-state index contributed by atoms with van der Waals surface area (Å²) in [7, 11) is 0. The van der Waals surface area contributed by atoms with Crippen molar-refractivity contribution in [3.05, 3.63) is 90.0 Å². The Morgan fingerprint density at radius 1 is 1.00 bits per heavy atom. The number of para-hydroxylation sites is 1. The van der Waals surface area contributed by atoms with Gasteiger partial charge in [-0.15, -0.1) is 11.3 Å². The number of nitrogens with zero attached hydrogens (tertiary/aromatic N) is 5.